The van der Waals surface area contributed by atoms with E-state index in [0.29, 0.717) is 5.17 Å². The van der Waals surface area contributed by atoms with Crippen molar-refractivity contribution in [1.29, 1.82) is 5.41 Å². The molecule has 1 aromatic rings. The van der Waals surface area contributed by atoms with Gasteiger partial charge in [-0.05, 0) is 48.7 Å². The van der Waals surface area contributed by atoms with Crippen molar-refractivity contribution in [3.63, 3.8) is 0 Å². The van der Waals surface area contributed by atoms with Gasteiger partial charge in [0.2, 0.25) is 5.17 Å². The summed E-state index contributed by atoms with van der Waals surface area (Å²) in [5.74, 6) is -0.281. The van der Waals surface area contributed by atoms with Crippen LogP contribution in [0.1, 0.15) is 30.9 Å². The van der Waals surface area contributed by atoms with E-state index < -0.39 is 0 Å². The van der Waals surface area contributed by atoms with Crippen LogP contribution in [-0.2, 0) is 4.79 Å². The summed E-state index contributed by atoms with van der Waals surface area (Å²) in [5.41, 5.74) is 2.25. The molecule has 0 atom stereocenters. The molecule has 5 nitrogen and oxygen atoms in total. The highest BCUT2D eigenvalue weighted by Gasteiger charge is 2.35. The third kappa shape index (κ3) is 2.62. The van der Waals surface area contributed by atoms with Crippen molar-refractivity contribution >= 4 is 39.8 Å². The Kier molecular flexibility index (Phi) is 3.94. The SMILES string of the molecule is CCCC1=NN2C(=N)C(=Cc3ccccc3C)C(=O)N=C2S1. The topological polar surface area (TPSA) is 68.9 Å². The highest BCUT2D eigenvalue weighted by Crippen LogP contribution is 2.29. The first-order valence-electron chi connectivity index (χ1n) is 7.15. The fourth-order valence-electron chi connectivity index (χ4n) is 2.25. The zero-order valence-electron chi connectivity index (χ0n) is 12.5. The Hall–Kier alpha value is -2.21. The average molecular weight is 312 g/mol. The lowest BCUT2D eigenvalue weighted by atomic mass is 10.0. The number of carbonyl (C=O) groups excluding carboxylic acids is 1. The lowest BCUT2D eigenvalue weighted by molar-refractivity contribution is -0.114. The molecule has 112 valence electrons. The highest BCUT2D eigenvalue weighted by atomic mass is 32.2. The van der Waals surface area contributed by atoms with Crippen LogP contribution in [0.15, 0.2) is 39.9 Å². The maximum Gasteiger partial charge on any atom is 0.283 e. The monoisotopic (exact) mass is 312 g/mol. The number of amides is 1. The van der Waals surface area contributed by atoms with Crippen LogP contribution in [0.2, 0.25) is 0 Å². The second kappa shape index (κ2) is 5.88. The Morgan fingerprint density at radius 2 is 2.14 bits per heavy atom. The fourth-order valence-corrected chi connectivity index (χ4v) is 3.24. The predicted octanol–water partition coefficient (Wildman–Crippen LogP) is 3.41. The molecule has 1 amide bonds. The first-order chi connectivity index (χ1) is 10.6. The van der Waals surface area contributed by atoms with Crippen LogP contribution < -0.4 is 0 Å². The smallest absolute Gasteiger partial charge is 0.282 e. The van der Waals surface area contributed by atoms with E-state index in [2.05, 4.69) is 17.0 Å². The van der Waals surface area contributed by atoms with Crippen molar-refractivity contribution in [2.75, 3.05) is 0 Å². The zero-order valence-corrected chi connectivity index (χ0v) is 13.3. The van der Waals surface area contributed by atoms with Gasteiger partial charge in [-0.3, -0.25) is 10.2 Å². The molecular weight excluding hydrogens is 296 g/mol. The lowest BCUT2D eigenvalue weighted by Gasteiger charge is -2.20. The van der Waals surface area contributed by atoms with Gasteiger partial charge in [0.15, 0.2) is 5.84 Å². The molecule has 0 unspecified atom stereocenters. The molecule has 1 N–H and O–H groups in total. The third-order valence-electron chi connectivity index (χ3n) is 3.45. The normalized spacial score (nSPS) is 19.4. The van der Waals surface area contributed by atoms with Gasteiger partial charge in [0.1, 0.15) is 5.04 Å². The van der Waals surface area contributed by atoms with Crippen molar-refractivity contribution in [3.8, 4) is 0 Å². The minimum atomic E-state index is -0.375. The summed E-state index contributed by atoms with van der Waals surface area (Å²) >= 11 is 1.38. The van der Waals surface area contributed by atoms with Crippen molar-refractivity contribution in [3.05, 3.63) is 41.0 Å². The summed E-state index contributed by atoms with van der Waals surface area (Å²) in [6, 6.07) is 7.75. The maximum atomic E-state index is 12.2. The number of benzene rings is 1. The number of hydrogen-bond donors (Lipinski definition) is 1. The molecular formula is C16H16N4OS. The minimum absolute atomic E-state index is 0.0943. The number of aliphatic imine (C=N–C) groups is 1. The molecule has 0 bridgehead atoms. The second-order valence-corrected chi connectivity index (χ2v) is 6.16. The molecule has 22 heavy (non-hydrogen) atoms. The first kappa shape index (κ1) is 14.7. The van der Waals surface area contributed by atoms with E-state index in [0.717, 1.165) is 29.0 Å². The average Bonchev–Trinajstić information content (AvgIpc) is 2.88. The molecule has 0 saturated carbocycles. The summed E-state index contributed by atoms with van der Waals surface area (Å²) in [4.78, 5) is 16.3. The largest absolute Gasteiger partial charge is 0.283 e. The standard InChI is InChI=1S/C16H16N4OS/c1-3-6-13-19-20-14(17)12(15(21)18-16(20)22-13)9-11-8-5-4-7-10(11)2/h4-5,7-9,17H,3,6H2,1-2H3. The Morgan fingerprint density at radius 1 is 1.36 bits per heavy atom. The molecule has 3 rings (SSSR count). The number of nitrogens with zero attached hydrogens (tertiary/aromatic N) is 3. The Morgan fingerprint density at radius 3 is 2.86 bits per heavy atom. The number of hydrogen-bond acceptors (Lipinski definition) is 4. The van der Waals surface area contributed by atoms with Gasteiger partial charge in [0.05, 0.1) is 5.57 Å². The van der Waals surface area contributed by atoms with Crippen LogP contribution >= 0.6 is 11.8 Å². The van der Waals surface area contributed by atoms with Crippen LogP contribution in [0.5, 0.6) is 0 Å². The number of nitrogens with one attached hydrogen (secondary N) is 1. The van der Waals surface area contributed by atoms with Crippen molar-refractivity contribution in [2.24, 2.45) is 10.1 Å². The molecule has 0 saturated heterocycles. The molecule has 0 radical (unpaired) electrons. The fraction of sp³-hybridized carbons (Fsp3) is 0.250. The quantitative estimate of drug-likeness (QED) is 0.870. The maximum absolute atomic E-state index is 12.2. The predicted molar refractivity (Wildman–Crippen MR) is 91.1 cm³/mol. The number of carbonyl (C=O) groups is 1. The minimum Gasteiger partial charge on any atom is -0.282 e. The van der Waals surface area contributed by atoms with Crippen molar-refractivity contribution < 1.29 is 4.79 Å². The summed E-state index contributed by atoms with van der Waals surface area (Å²) in [7, 11) is 0. The van der Waals surface area contributed by atoms with Crippen molar-refractivity contribution in [2.45, 2.75) is 26.7 Å². The van der Waals surface area contributed by atoms with E-state index in [9.17, 15) is 4.79 Å². The molecule has 2 aliphatic heterocycles. The van der Waals surface area contributed by atoms with E-state index in [1.807, 2.05) is 31.2 Å². The Bertz CT molecular complexity index is 748. The second-order valence-electron chi connectivity index (χ2n) is 5.12. The van der Waals surface area contributed by atoms with Gasteiger partial charge in [0, 0.05) is 0 Å². The summed E-state index contributed by atoms with van der Waals surface area (Å²) in [6.45, 7) is 4.05. The number of aryl methyl sites for hydroxylation is 1. The van der Waals surface area contributed by atoms with Gasteiger partial charge in [-0.25, -0.2) is 0 Å². The zero-order chi connectivity index (χ0) is 15.7. The lowest BCUT2D eigenvalue weighted by Crippen LogP contribution is -2.35. The number of hydrazone groups is 1. The van der Waals surface area contributed by atoms with E-state index in [-0.39, 0.29) is 17.3 Å². The van der Waals surface area contributed by atoms with Crippen LogP contribution in [0.25, 0.3) is 6.08 Å². The summed E-state index contributed by atoms with van der Waals surface area (Å²) in [5, 5.41) is 15.5. The molecule has 0 aromatic heterocycles. The van der Waals surface area contributed by atoms with Crippen LogP contribution in [0, 0.1) is 12.3 Å². The number of amidine groups is 2. The Labute approximate surface area is 133 Å². The molecule has 0 fully saturated rings. The third-order valence-corrected chi connectivity index (χ3v) is 4.42. The summed E-state index contributed by atoms with van der Waals surface area (Å²) < 4.78 is 0. The van der Waals surface area contributed by atoms with Crippen LogP contribution in [0.4, 0.5) is 0 Å². The molecule has 6 heteroatoms. The van der Waals surface area contributed by atoms with Crippen LogP contribution in [-0.4, -0.2) is 27.0 Å². The van der Waals surface area contributed by atoms with Gasteiger partial charge in [0.25, 0.3) is 5.91 Å². The van der Waals surface area contributed by atoms with Gasteiger partial charge in [-0.1, -0.05) is 31.2 Å². The molecule has 2 heterocycles. The van der Waals surface area contributed by atoms with Gasteiger partial charge in [-0.15, -0.1) is 0 Å². The van der Waals surface area contributed by atoms with Crippen molar-refractivity contribution in [1.82, 2.24) is 5.01 Å². The first-order valence-corrected chi connectivity index (χ1v) is 7.96. The molecule has 1 aromatic carbocycles. The van der Waals surface area contributed by atoms with Crippen LogP contribution in [0.3, 0.4) is 0 Å². The van der Waals surface area contributed by atoms with E-state index >= 15 is 0 Å². The number of fused-ring (bicyclic) bond motifs is 1. The van der Waals surface area contributed by atoms with Gasteiger partial charge in [-0.2, -0.15) is 15.1 Å². The number of rotatable bonds is 3. The summed E-state index contributed by atoms with van der Waals surface area (Å²) in [6.07, 6.45) is 3.52. The molecule has 2 aliphatic rings. The highest BCUT2D eigenvalue weighted by molar-refractivity contribution is 8.26. The molecule has 0 spiro atoms. The van der Waals surface area contributed by atoms with Gasteiger partial charge >= 0.3 is 0 Å². The van der Waals surface area contributed by atoms with Gasteiger partial charge < -0.3 is 0 Å². The molecule has 0 aliphatic carbocycles. The van der Waals surface area contributed by atoms with E-state index in [1.165, 1.54) is 16.8 Å². The van der Waals surface area contributed by atoms with E-state index in [4.69, 9.17) is 5.41 Å². The van der Waals surface area contributed by atoms with E-state index in [1.54, 1.807) is 6.08 Å². The Balaban J connectivity index is 1.97. The number of thioether (sulfide) groups is 1.